The Morgan fingerprint density at radius 2 is 1.70 bits per heavy atom. The molecule has 0 aliphatic carbocycles. The number of nitrogens with zero attached hydrogens (tertiary/aromatic N) is 3. The van der Waals surface area contributed by atoms with Crippen LogP contribution >= 0.6 is 0 Å². The van der Waals surface area contributed by atoms with Crippen molar-refractivity contribution in [2.24, 2.45) is 0 Å². The monoisotopic (exact) mass is 275 g/mol. The molecule has 1 aromatic carbocycles. The summed E-state index contributed by atoms with van der Waals surface area (Å²) in [6.07, 6.45) is 0. The van der Waals surface area contributed by atoms with Crippen LogP contribution in [-0.4, -0.2) is 35.2 Å². The molecule has 7 heteroatoms. The zero-order chi connectivity index (χ0) is 14.4. The molecule has 0 saturated heterocycles. The second-order valence-electron chi connectivity index (χ2n) is 4.51. The van der Waals surface area contributed by atoms with Gasteiger partial charge in [-0.15, -0.1) is 0 Å². The predicted octanol–water partition coefficient (Wildman–Crippen LogP) is -0.870. The van der Waals surface area contributed by atoms with Crippen LogP contribution in [0.4, 0.5) is 11.9 Å². The second kappa shape index (κ2) is 6.67. The molecule has 0 aliphatic rings. The first-order valence-electron chi connectivity index (χ1n) is 6.38. The number of aromatic nitrogens is 3. The Hall–Kier alpha value is -2.41. The van der Waals surface area contributed by atoms with E-state index in [-0.39, 0.29) is 11.9 Å². The number of hydrogen-bond donors (Lipinski definition) is 3. The molecular weight excluding hydrogens is 256 g/mol. The molecule has 7 nitrogen and oxygen atoms in total. The van der Waals surface area contributed by atoms with Crippen LogP contribution in [0.25, 0.3) is 0 Å². The molecule has 106 valence electrons. The zero-order valence-corrected chi connectivity index (χ0v) is 11.4. The van der Waals surface area contributed by atoms with E-state index in [1.165, 1.54) is 4.90 Å². The highest BCUT2D eigenvalue weighted by Gasteiger charge is 2.09. The molecule has 1 unspecified atom stereocenters. The Morgan fingerprint density at radius 1 is 1.05 bits per heavy atom. The number of ether oxygens (including phenoxy) is 1. The highest BCUT2D eigenvalue weighted by molar-refractivity contribution is 5.25. The average molecular weight is 275 g/mol. The number of benzene rings is 1. The molecule has 0 bridgehead atoms. The van der Waals surface area contributed by atoms with Crippen LogP contribution in [0.3, 0.4) is 0 Å². The Kier molecular flexibility index (Phi) is 4.67. The van der Waals surface area contributed by atoms with E-state index in [1.54, 1.807) is 0 Å². The second-order valence-corrected chi connectivity index (χ2v) is 4.51. The summed E-state index contributed by atoms with van der Waals surface area (Å²) < 4.78 is 5.64. The van der Waals surface area contributed by atoms with Gasteiger partial charge in [0, 0.05) is 0 Å². The van der Waals surface area contributed by atoms with Gasteiger partial charge in [-0.1, -0.05) is 18.2 Å². The van der Waals surface area contributed by atoms with Crippen molar-refractivity contribution in [2.45, 2.75) is 6.54 Å². The molecule has 0 fully saturated rings. The van der Waals surface area contributed by atoms with Gasteiger partial charge >= 0.3 is 0 Å². The van der Waals surface area contributed by atoms with Crippen molar-refractivity contribution >= 4 is 11.9 Å². The fraction of sp³-hybridized carbons (Fsp3) is 0.308. The SMILES string of the molecule is C[NH+](CCOc1ccccc1)Cc1nc(N)nc(N)n1. The predicted molar refractivity (Wildman–Crippen MR) is 76.0 cm³/mol. The minimum Gasteiger partial charge on any atom is -0.488 e. The molecule has 0 spiro atoms. The van der Waals surface area contributed by atoms with E-state index in [9.17, 15) is 0 Å². The summed E-state index contributed by atoms with van der Waals surface area (Å²) in [6.45, 7) is 2.06. The maximum atomic E-state index is 5.64. The van der Waals surface area contributed by atoms with E-state index in [4.69, 9.17) is 16.2 Å². The lowest BCUT2D eigenvalue weighted by atomic mass is 10.3. The van der Waals surface area contributed by atoms with Crippen molar-refractivity contribution in [3.63, 3.8) is 0 Å². The molecule has 2 aromatic rings. The molecule has 5 N–H and O–H groups in total. The molecule has 0 radical (unpaired) electrons. The normalized spacial score (nSPS) is 12.1. The molecule has 20 heavy (non-hydrogen) atoms. The third kappa shape index (κ3) is 4.36. The molecule has 1 atom stereocenters. The van der Waals surface area contributed by atoms with Crippen LogP contribution in [0.1, 0.15) is 5.82 Å². The fourth-order valence-corrected chi connectivity index (χ4v) is 1.75. The number of para-hydroxylation sites is 1. The molecule has 1 heterocycles. The van der Waals surface area contributed by atoms with Gasteiger partial charge in [0.2, 0.25) is 11.9 Å². The Balaban J connectivity index is 1.79. The molecular formula is C13H19N6O+. The van der Waals surface area contributed by atoms with Crippen molar-refractivity contribution < 1.29 is 9.64 Å². The third-order valence-electron chi connectivity index (χ3n) is 2.72. The minimum atomic E-state index is 0.154. The third-order valence-corrected chi connectivity index (χ3v) is 2.72. The molecule has 0 saturated carbocycles. The molecule has 0 aliphatic heterocycles. The largest absolute Gasteiger partial charge is 0.488 e. The molecule has 0 amide bonds. The molecule has 2 rings (SSSR count). The number of nitrogens with two attached hydrogens (primary N) is 2. The maximum Gasteiger partial charge on any atom is 0.225 e. The minimum absolute atomic E-state index is 0.154. The number of anilines is 2. The lowest BCUT2D eigenvalue weighted by Gasteiger charge is -2.13. The van der Waals surface area contributed by atoms with Gasteiger partial charge in [0.25, 0.3) is 0 Å². The highest BCUT2D eigenvalue weighted by atomic mass is 16.5. The topological polar surface area (TPSA) is 104 Å². The first-order chi connectivity index (χ1) is 9.63. The van der Waals surface area contributed by atoms with Gasteiger partial charge in [-0.3, -0.25) is 0 Å². The van der Waals surface area contributed by atoms with Gasteiger partial charge in [0.15, 0.2) is 5.82 Å². The van der Waals surface area contributed by atoms with E-state index in [0.29, 0.717) is 19.0 Å². The van der Waals surface area contributed by atoms with Gasteiger partial charge in [-0.05, 0) is 12.1 Å². The number of nitrogen functional groups attached to an aromatic ring is 2. The summed E-state index contributed by atoms with van der Waals surface area (Å²) in [4.78, 5) is 13.1. The Bertz CT molecular complexity index is 528. The number of hydrogen-bond acceptors (Lipinski definition) is 6. The quantitative estimate of drug-likeness (QED) is 0.633. The van der Waals surface area contributed by atoms with Crippen LogP contribution in [0.2, 0.25) is 0 Å². The Morgan fingerprint density at radius 3 is 2.35 bits per heavy atom. The maximum absolute atomic E-state index is 5.64. The van der Waals surface area contributed by atoms with Crippen molar-refractivity contribution in [2.75, 3.05) is 31.7 Å². The van der Waals surface area contributed by atoms with Crippen LogP contribution < -0.4 is 21.1 Å². The lowest BCUT2D eigenvalue weighted by molar-refractivity contribution is -0.894. The van der Waals surface area contributed by atoms with E-state index >= 15 is 0 Å². The van der Waals surface area contributed by atoms with E-state index < -0.39 is 0 Å². The summed E-state index contributed by atoms with van der Waals surface area (Å²) in [7, 11) is 2.03. The van der Waals surface area contributed by atoms with Crippen molar-refractivity contribution in [1.82, 2.24) is 15.0 Å². The zero-order valence-electron chi connectivity index (χ0n) is 11.4. The van der Waals surface area contributed by atoms with Gasteiger partial charge in [0.05, 0.1) is 7.05 Å². The van der Waals surface area contributed by atoms with Gasteiger partial charge in [-0.2, -0.15) is 15.0 Å². The van der Waals surface area contributed by atoms with E-state index in [2.05, 4.69) is 15.0 Å². The number of rotatable bonds is 6. The number of likely N-dealkylation sites (N-methyl/N-ethyl adjacent to an activating group) is 1. The first kappa shape index (κ1) is 14.0. The van der Waals surface area contributed by atoms with Gasteiger partial charge < -0.3 is 21.1 Å². The highest BCUT2D eigenvalue weighted by Crippen LogP contribution is 2.07. The summed E-state index contributed by atoms with van der Waals surface area (Å²) in [5.74, 6) is 1.77. The van der Waals surface area contributed by atoms with Crippen LogP contribution in [0.15, 0.2) is 30.3 Å². The van der Waals surface area contributed by atoms with Crippen molar-refractivity contribution in [1.29, 1.82) is 0 Å². The van der Waals surface area contributed by atoms with Crippen LogP contribution in [-0.2, 0) is 6.54 Å². The summed E-state index contributed by atoms with van der Waals surface area (Å²) in [5, 5.41) is 0. The van der Waals surface area contributed by atoms with Crippen molar-refractivity contribution in [3.8, 4) is 5.75 Å². The number of nitrogens with one attached hydrogen (secondary N) is 1. The average Bonchev–Trinajstić information content (AvgIpc) is 2.38. The van der Waals surface area contributed by atoms with Crippen LogP contribution in [0, 0.1) is 0 Å². The summed E-state index contributed by atoms with van der Waals surface area (Å²) in [6, 6.07) is 9.72. The summed E-state index contributed by atoms with van der Waals surface area (Å²) >= 11 is 0. The Labute approximate surface area is 117 Å². The fourth-order valence-electron chi connectivity index (χ4n) is 1.75. The summed E-state index contributed by atoms with van der Waals surface area (Å²) in [5.41, 5.74) is 11.1. The number of quaternary nitrogens is 1. The van der Waals surface area contributed by atoms with Gasteiger partial charge in [-0.25, -0.2) is 0 Å². The van der Waals surface area contributed by atoms with E-state index in [0.717, 1.165) is 12.3 Å². The van der Waals surface area contributed by atoms with Gasteiger partial charge in [0.1, 0.15) is 25.4 Å². The molecule has 1 aromatic heterocycles. The lowest BCUT2D eigenvalue weighted by Crippen LogP contribution is -3.08. The van der Waals surface area contributed by atoms with Crippen LogP contribution in [0.5, 0.6) is 5.75 Å². The van der Waals surface area contributed by atoms with E-state index in [1.807, 2.05) is 37.4 Å². The standard InChI is InChI=1S/C13H18N6O/c1-19(7-8-20-10-5-3-2-4-6-10)9-11-16-12(14)18-13(15)17-11/h2-6H,7-9H2,1H3,(H4,14,15,16,17,18)/p+1. The first-order valence-corrected chi connectivity index (χ1v) is 6.38. The van der Waals surface area contributed by atoms with Crippen molar-refractivity contribution in [3.05, 3.63) is 36.2 Å². The smallest absolute Gasteiger partial charge is 0.225 e.